The molecule has 23 heavy (non-hydrogen) atoms. The Kier molecular flexibility index (Phi) is 5.02. The van der Waals surface area contributed by atoms with Gasteiger partial charge in [0.05, 0.1) is 17.2 Å². The molecule has 0 saturated carbocycles. The zero-order chi connectivity index (χ0) is 16.4. The molecule has 3 rings (SSSR count). The zero-order valence-corrected chi connectivity index (χ0v) is 14.8. The van der Waals surface area contributed by atoms with Crippen molar-refractivity contribution in [1.82, 2.24) is 14.5 Å². The normalized spacial score (nSPS) is 20.0. The zero-order valence-electron chi connectivity index (χ0n) is 12.4. The summed E-state index contributed by atoms with van der Waals surface area (Å²) >= 11 is 7.42. The van der Waals surface area contributed by atoms with E-state index in [9.17, 15) is 8.42 Å². The van der Waals surface area contributed by atoms with E-state index >= 15 is 0 Å². The summed E-state index contributed by atoms with van der Waals surface area (Å²) in [7, 11) is -3.25. The minimum Gasteiger partial charge on any atom is -0.422 e. The first-order valence-corrected chi connectivity index (χ1v) is 10.1. The standard InChI is InChI=1S/C13H16ClN3O4S2/c1-23(18,19)17-6-7-20-10(8-17)13-16-15-12(21-13)5-3-9-2-4-11(14)22-9/h2,4,10H,3,5-8H2,1H3/t10-/m1/s1. The summed E-state index contributed by atoms with van der Waals surface area (Å²) in [6, 6.07) is 3.83. The van der Waals surface area contributed by atoms with E-state index in [1.165, 1.54) is 21.9 Å². The predicted octanol–water partition coefficient (Wildman–Crippen LogP) is 1.90. The fourth-order valence-electron chi connectivity index (χ4n) is 2.29. The predicted molar refractivity (Wildman–Crippen MR) is 86.1 cm³/mol. The molecule has 3 heterocycles. The van der Waals surface area contributed by atoms with Gasteiger partial charge in [-0.05, 0) is 18.6 Å². The fraction of sp³-hybridized carbons (Fsp3) is 0.538. The molecule has 0 radical (unpaired) electrons. The number of thiophene rings is 1. The van der Waals surface area contributed by atoms with Crippen molar-refractivity contribution in [2.24, 2.45) is 0 Å². The highest BCUT2D eigenvalue weighted by Gasteiger charge is 2.30. The number of hydrogen-bond donors (Lipinski definition) is 0. The van der Waals surface area contributed by atoms with Gasteiger partial charge in [-0.25, -0.2) is 8.42 Å². The molecule has 10 heteroatoms. The van der Waals surface area contributed by atoms with Crippen LogP contribution in [0.1, 0.15) is 22.8 Å². The second-order valence-corrected chi connectivity index (χ2v) is 9.00. The molecule has 7 nitrogen and oxygen atoms in total. The maximum Gasteiger partial charge on any atom is 0.246 e. The Balaban J connectivity index is 1.62. The van der Waals surface area contributed by atoms with Crippen LogP contribution in [0.2, 0.25) is 4.34 Å². The van der Waals surface area contributed by atoms with Crippen molar-refractivity contribution in [3.8, 4) is 0 Å². The number of aromatic nitrogens is 2. The molecule has 1 fully saturated rings. The molecule has 0 amide bonds. The van der Waals surface area contributed by atoms with E-state index in [4.69, 9.17) is 20.8 Å². The van der Waals surface area contributed by atoms with Gasteiger partial charge >= 0.3 is 0 Å². The lowest BCUT2D eigenvalue weighted by molar-refractivity contribution is -0.0176. The smallest absolute Gasteiger partial charge is 0.246 e. The lowest BCUT2D eigenvalue weighted by Gasteiger charge is -2.29. The SMILES string of the molecule is CS(=O)(=O)N1CCO[C@@H](c2nnc(CCc3ccc(Cl)s3)o2)C1. The monoisotopic (exact) mass is 377 g/mol. The first-order valence-electron chi connectivity index (χ1n) is 7.05. The first-order chi connectivity index (χ1) is 10.9. The number of halogens is 1. The van der Waals surface area contributed by atoms with Crippen molar-refractivity contribution in [3.63, 3.8) is 0 Å². The fourth-order valence-corrected chi connectivity index (χ4v) is 4.19. The molecule has 2 aromatic heterocycles. The minimum atomic E-state index is -3.25. The topological polar surface area (TPSA) is 85.5 Å². The molecule has 0 spiro atoms. The number of aryl methyl sites for hydroxylation is 2. The average Bonchev–Trinajstić information content (AvgIpc) is 3.13. The minimum absolute atomic E-state index is 0.195. The number of ether oxygens (including phenoxy) is 1. The number of sulfonamides is 1. The number of hydrogen-bond acceptors (Lipinski definition) is 7. The molecule has 1 atom stereocenters. The van der Waals surface area contributed by atoms with Gasteiger partial charge in [-0.15, -0.1) is 21.5 Å². The third-order valence-corrected chi connectivity index (χ3v) is 6.03. The molecule has 1 aliphatic rings. The summed E-state index contributed by atoms with van der Waals surface area (Å²) in [6.45, 7) is 0.847. The summed E-state index contributed by atoms with van der Waals surface area (Å²) in [5.41, 5.74) is 0. The van der Waals surface area contributed by atoms with E-state index in [0.717, 1.165) is 15.6 Å². The van der Waals surface area contributed by atoms with Gasteiger partial charge in [-0.1, -0.05) is 11.6 Å². The Morgan fingerprint density at radius 2 is 2.22 bits per heavy atom. The first kappa shape index (κ1) is 16.8. The molecule has 1 aliphatic heterocycles. The molecule has 126 valence electrons. The Morgan fingerprint density at radius 1 is 1.39 bits per heavy atom. The highest BCUT2D eigenvalue weighted by Crippen LogP contribution is 2.24. The molecule has 0 bridgehead atoms. The molecule has 0 unspecified atom stereocenters. The second kappa shape index (κ2) is 6.86. The highest BCUT2D eigenvalue weighted by atomic mass is 35.5. The van der Waals surface area contributed by atoms with Gasteiger partial charge in [0, 0.05) is 24.4 Å². The van der Waals surface area contributed by atoms with Crippen LogP contribution < -0.4 is 0 Å². The Labute approximate surface area is 143 Å². The molecule has 0 aliphatic carbocycles. The average molecular weight is 378 g/mol. The van der Waals surface area contributed by atoms with E-state index in [0.29, 0.717) is 31.4 Å². The number of rotatable bonds is 5. The van der Waals surface area contributed by atoms with Crippen LogP contribution >= 0.6 is 22.9 Å². The highest BCUT2D eigenvalue weighted by molar-refractivity contribution is 7.88. The lowest BCUT2D eigenvalue weighted by Crippen LogP contribution is -2.41. The third kappa shape index (κ3) is 4.30. The third-order valence-electron chi connectivity index (χ3n) is 3.47. The molecule has 0 N–H and O–H groups in total. The van der Waals surface area contributed by atoms with Gasteiger partial charge < -0.3 is 9.15 Å². The van der Waals surface area contributed by atoms with Crippen LogP contribution in [0.15, 0.2) is 16.5 Å². The quantitative estimate of drug-likeness (QED) is 0.791. The van der Waals surface area contributed by atoms with E-state index in [2.05, 4.69) is 10.2 Å². The van der Waals surface area contributed by atoms with Gasteiger partial charge in [0.1, 0.15) is 6.10 Å². The van der Waals surface area contributed by atoms with Crippen LogP contribution in [0.25, 0.3) is 0 Å². The molecular formula is C13H16ClN3O4S2. The van der Waals surface area contributed by atoms with Crippen molar-refractivity contribution < 1.29 is 17.6 Å². The van der Waals surface area contributed by atoms with Gasteiger partial charge in [0.2, 0.25) is 21.8 Å². The summed E-state index contributed by atoms with van der Waals surface area (Å²) < 4.78 is 36.5. The van der Waals surface area contributed by atoms with Crippen LogP contribution in [0.5, 0.6) is 0 Å². The van der Waals surface area contributed by atoms with Crippen molar-refractivity contribution in [1.29, 1.82) is 0 Å². The van der Waals surface area contributed by atoms with Crippen molar-refractivity contribution >= 4 is 33.0 Å². The van der Waals surface area contributed by atoms with Crippen LogP contribution in [0.4, 0.5) is 0 Å². The summed E-state index contributed by atoms with van der Waals surface area (Å²) in [6.07, 6.45) is 2.03. The number of nitrogens with zero attached hydrogens (tertiary/aromatic N) is 3. The van der Waals surface area contributed by atoms with E-state index in [-0.39, 0.29) is 6.54 Å². The maximum atomic E-state index is 11.6. The van der Waals surface area contributed by atoms with E-state index in [1.807, 2.05) is 12.1 Å². The van der Waals surface area contributed by atoms with Crippen LogP contribution in [-0.2, 0) is 27.6 Å². The van der Waals surface area contributed by atoms with Gasteiger partial charge in [0.25, 0.3) is 0 Å². The number of morpholine rings is 1. The van der Waals surface area contributed by atoms with E-state index < -0.39 is 16.1 Å². The maximum absolute atomic E-state index is 11.6. The van der Waals surface area contributed by atoms with E-state index in [1.54, 1.807) is 0 Å². The Morgan fingerprint density at radius 3 is 2.91 bits per heavy atom. The largest absolute Gasteiger partial charge is 0.422 e. The van der Waals surface area contributed by atoms with Crippen LogP contribution in [-0.4, -0.2) is 48.9 Å². The molecular weight excluding hydrogens is 362 g/mol. The van der Waals surface area contributed by atoms with Crippen molar-refractivity contribution in [3.05, 3.63) is 33.1 Å². The molecule has 2 aromatic rings. The van der Waals surface area contributed by atoms with Crippen molar-refractivity contribution in [2.75, 3.05) is 26.0 Å². The van der Waals surface area contributed by atoms with Gasteiger partial charge in [-0.3, -0.25) is 0 Å². The second-order valence-electron chi connectivity index (χ2n) is 5.22. The summed E-state index contributed by atoms with van der Waals surface area (Å²) in [5, 5.41) is 8.00. The van der Waals surface area contributed by atoms with Crippen LogP contribution in [0, 0.1) is 0 Å². The molecule has 0 aromatic carbocycles. The van der Waals surface area contributed by atoms with Crippen LogP contribution in [0.3, 0.4) is 0 Å². The summed E-state index contributed by atoms with van der Waals surface area (Å²) in [4.78, 5) is 1.15. The Bertz CT molecular complexity index is 774. The lowest BCUT2D eigenvalue weighted by atomic mass is 10.3. The van der Waals surface area contributed by atoms with Gasteiger partial charge in [-0.2, -0.15) is 4.31 Å². The molecule has 1 saturated heterocycles. The summed E-state index contributed by atoms with van der Waals surface area (Å²) in [5.74, 6) is 0.821. The van der Waals surface area contributed by atoms with Gasteiger partial charge in [0.15, 0.2) is 0 Å². The Hall–Kier alpha value is -1.00. The van der Waals surface area contributed by atoms with Crippen molar-refractivity contribution in [2.45, 2.75) is 18.9 Å².